The van der Waals surface area contributed by atoms with E-state index in [0.717, 1.165) is 51.4 Å². The van der Waals surface area contributed by atoms with Crippen LogP contribution in [-0.4, -0.2) is 69.9 Å². The van der Waals surface area contributed by atoms with Crippen molar-refractivity contribution in [2.24, 2.45) is 0 Å². The highest BCUT2D eigenvalue weighted by Crippen LogP contribution is 2.28. The number of carbonyl (C=O) groups is 4. The number of unbranched alkanes of at least 4 members (excludes halogenated alkanes) is 4. The number of ether oxygens (including phenoxy) is 1. The van der Waals surface area contributed by atoms with Crippen molar-refractivity contribution >= 4 is 23.8 Å². The molecule has 0 spiro atoms. The van der Waals surface area contributed by atoms with Gasteiger partial charge in [-0.3, -0.25) is 9.59 Å². The number of amides is 2. The van der Waals surface area contributed by atoms with Gasteiger partial charge in [0.2, 0.25) is 0 Å². The molecule has 0 saturated carbocycles. The third-order valence-corrected chi connectivity index (χ3v) is 6.84. The van der Waals surface area contributed by atoms with E-state index in [4.69, 9.17) is 4.74 Å². The number of carboxylic acids is 2. The fraction of sp³-hybridized carbons (Fsp3) is 0.500. The average Bonchev–Trinajstić information content (AvgIpc) is 2.96. The number of hydrogen-bond donors (Lipinski definition) is 2. The van der Waals surface area contributed by atoms with Gasteiger partial charge in [-0.15, -0.1) is 0 Å². The predicted molar refractivity (Wildman–Crippen MR) is 158 cm³/mol. The number of nitrogens with zero attached hydrogens (tertiary/aromatic N) is 2. The maximum atomic E-state index is 13.5. The van der Waals surface area contributed by atoms with Crippen molar-refractivity contribution in [1.82, 2.24) is 9.80 Å². The van der Waals surface area contributed by atoms with Crippen LogP contribution in [0, 0.1) is 0 Å². The van der Waals surface area contributed by atoms with Gasteiger partial charge < -0.3 is 24.7 Å². The van der Waals surface area contributed by atoms with Crippen molar-refractivity contribution in [1.29, 1.82) is 0 Å². The lowest BCUT2D eigenvalue weighted by molar-refractivity contribution is 0.0670. The lowest BCUT2D eigenvalue weighted by atomic mass is 10.0. The number of carbonyl (C=O) groups excluding carboxylic acids is 2. The minimum absolute atomic E-state index is 0.00922. The first kappa shape index (κ1) is 33.3. The van der Waals surface area contributed by atoms with Crippen molar-refractivity contribution in [2.75, 3.05) is 26.2 Å². The van der Waals surface area contributed by atoms with Crippen LogP contribution in [0.1, 0.15) is 120 Å². The van der Waals surface area contributed by atoms with E-state index in [-0.39, 0.29) is 45.6 Å². The zero-order valence-electron chi connectivity index (χ0n) is 24.8. The fourth-order valence-electron chi connectivity index (χ4n) is 4.40. The van der Waals surface area contributed by atoms with Gasteiger partial charge in [-0.2, -0.15) is 0 Å². The Morgan fingerprint density at radius 2 is 0.927 bits per heavy atom. The summed E-state index contributed by atoms with van der Waals surface area (Å²) >= 11 is 0. The molecule has 2 amide bonds. The van der Waals surface area contributed by atoms with Gasteiger partial charge in [0.1, 0.15) is 11.5 Å². The first-order valence-electron chi connectivity index (χ1n) is 14.7. The van der Waals surface area contributed by atoms with Crippen LogP contribution in [0.4, 0.5) is 0 Å². The fourth-order valence-corrected chi connectivity index (χ4v) is 4.40. The smallest absolute Gasteiger partial charge is 0.336 e. The Morgan fingerprint density at radius 3 is 1.32 bits per heavy atom. The standard InChI is InChI=1S/C32H44N2O7/c1-5-9-17-33(18-10-6-2)29(35)25-15-13-24(22-28(25)32(39)40)41-23-14-16-26(31(37)38)27(21-23)30(36)34(19-11-7-3)20-12-8-4/h13-16,21-22H,5-12,17-20H2,1-4H3,(H,37,38)(H,39,40). The zero-order valence-corrected chi connectivity index (χ0v) is 24.8. The Kier molecular flexibility index (Phi) is 13.9. The van der Waals surface area contributed by atoms with Crippen LogP contribution >= 0.6 is 0 Å². The molecule has 0 heterocycles. The summed E-state index contributed by atoms with van der Waals surface area (Å²) in [5.41, 5.74) is -0.229. The van der Waals surface area contributed by atoms with E-state index in [9.17, 15) is 29.4 Å². The molecule has 2 aromatic rings. The topological polar surface area (TPSA) is 124 Å². The molecule has 0 aliphatic rings. The second kappa shape index (κ2) is 17.0. The van der Waals surface area contributed by atoms with Crippen molar-refractivity contribution in [3.8, 4) is 11.5 Å². The van der Waals surface area contributed by atoms with E-state index in [0.29, 0.717) is 26.2 Å². The quantitative estimate of drug-likeness (QED) is 0.199. The Hall–Kier alpha value is -3.88. The molecule has 2 rings (SSSR count). The first-order chi connectivity index (χ1) is 19.7. The van der Waals surface area contributed by atoms with Crippen LogP contribution in [0.3, 0.4) is 0 Å². The molecule has 0 aliphatic carbocycles. The van der Waals surface area contributed by atoms with E-state index < -0.39 is 11.9 Å². The third kappa shape index (κ3) is 9.62. The van der Waals surface area contributed by atoms with Crippen LogP contribution in [0.5, 0.6) is 11.5 Å². The summed E-state index contributed by atoms with van der Waals surface area (Å²) in [6.45, 7) is 10.3. The second-order valence-electron chi connectivity index (χ2n) is 10.1. The van der Waals surface area contributed by atoms with Crippen molar-refractivity contribution in [3.05, 3.63) is 58.7 Å². The van der Waals surface area contributed by atoms with Gasteiger partial charge in [-0.25, -0.2) is 9.59 Å². The lowest BCUT2D eigenvalue weighted by Gasteiger charge is -2.24. The number of benzene rings is 2. The summed E-state index contributed by atoms with van der Waals surface area (Å²) in [5, 5.41) is 19.7. The van der Waals surface area contributed by atoms with Gasteiger partial charge in [0.25, 0.3) is 11.8 Å². The highest BCUT2D eigenvalue weighted by molar-refractivity contribution is 6.06. The Bertz CT molecular complexity index is 1180. The van der Waals surface area contributed by atoms with Gasteiger partial charge in [0, 0.05) is 26.2 Å². The molecule has 0 atom stereocenters. The predicted octanol–water partition coefficient (Wildman–Crippen LogP) is 6.96. The molecule has 2 aromatic carbocycles. The molecule has 0 aromatic heterocycles. The van der Waals surface area contributed by atoms with E-state index in [1.165, 1.54) is 36.4 Å². The zero-order chi connectivity index (χ0) is 30.4. The van der Waals surface area contributed by atoms with Gasteiger partial charge >= 0.3 is 11.9 Å². The molecule has 41 heavy (non-hydrogen) atoms. The Balaban J connectivity index is 2.42. The number of aromatic carboxylic acids is 2. The molecule has 0 bridgehead atoms. The third-order valence-electron chi connectivity index (χ3n) is 6.84. The van der Waals surface area contributed by atoms with E-state index in [1.54, 1.807) is 9.80 Å². The minimum atomic E-state index is -1.26. The molecule has 0 radical (unpaired) electrons. The monoisotopic (exact) mass is 568 g/mol. The van der Waals surface area contributed by atoms with Gasteiger partial charge in [0.15, 0.2) is 0 Å². The van der Waals surface area contributed by atoms with Gasteiger partial charge in [0.05, 0.1) is 22.3 Å². The highest BCUT2D eigenvalue weighted by Gasteiger charge is 2.24. The first-order valence-corrected chi connectivity index (χ1v) is 14.7. The average molecular weight is 569 g/mol. The highest BCUT2D eigenvalue weighted by atomic mass is 16.5. The normalized spacial score (nSPS) is 10.7. The molecule has 0 saturated heterocycles. The summed E-state index contributed by atoms with van der Waals surface area (Å²) in [5.74, 6) is -2.87. The maximum absolute atomic E-state index is 13.5. The molecule has 0 unspecified atom stereocenters. The summed E-state index contributed by atoms with van der Waals surface area (Å²) in [7, 11) is 0. The van der Waals surface area contributed by atoms with Gasteiger partial charge in [-0.1, -0.05) is 53.4 Å². The second-order valence-corrected chi connectivity index (χ2v) is 10.1. The summed E-state index contributed by atoms with van der Waals surface area (Å²) in [6.07, 6.45) is 6.84. The molecule has 2 N–H and O–H groups in total. The van der Waals surface area contributed by atoms with Crippen molar-refractivity contribution in [3.63, 3.8) is 0 Å². The lowest BCUT2D eigenvalue weighted by Crippen LogP contribution is -2.34. The molecule has 0 fully saturated rings. The molecular weight excluding hydrogens is 524 g/mol. The summed E-state index contributed by atoms with van der Waals surface area (Å²) < 4.78 is 5.91. The number of carboxylic acid groups (broad SMARTS) is 2. The number of hydrogen-bond acceptors (Lipinski definition) is 5. The van der Waals surface area contributed by atoms with Crippen molar-refractivity contribution in [2.45, 2.75) is 79.1 Å². The molecule has 9 nitrogen and oxygen atoms in total. The van der Waals surface area contributed by atoms with Crippen LogP contribution in [0.15, 0.2) is 36.4 Å². The summed E-state index contributed by atoms with van der Waals surface area (Å²) in [4.78, 5) is 54.2. The number of rotatable bonds is 18. The van der Waals surface area contributed by atoms with Gasteiger partial charge in [-0.05, 0) is 62.1 Å². The molecule has 0 aliphatic heterocycles. The van der Waals surface area contributed by atoms with Crippen LogP contribution in [-0.2, 0) is 0 Å². The molecule has 9 heteroatoms. The van der Waals surface area contributed by atoms with Crippen LogP contribution in [0.2, 0.25) is 0 Å². The van der Waals surface area contributed by atoms with E-state index in [2.05, 4.69) is 0 Å². The Labute approximate surface area is 243 Å². The summed E-state index contributed by atoms with van der Waals surface area (Å²) in [6, 6.07) is 8.37. The van der Waals surface area contributed by atoms with E-state index >= 15 is 0 Å². The van der Waals surface area contributed by atoms with Crippen molar-refractivity contribution < 1.29 is 34.1 Å². The molecular formula is C32H44N2O7. The Morgan fingerprint density at radius 1 is 0.561 bits per heavy atom. The van der Waals surface area contributed by atoms with Crippen LogP contribution < -0.4 is 4.74 Å². The maximum Gasteiger partial charge on any atom is 0.336 e. The minimum Gasteiger partial charge on any atom is -0.478 e. The largest absolute Gasteiger partial charge is 0.478 e. The van der Waals surface area contributed by atoms with E-state index in [1.807, 2.05) is 27.7 Å². The van der Waals surface area contributed by atoms with Crippen LogP contribution in [0.25, 0.3) is 0 Å². The SMILES string of the molecule is CCCCN(CCCC)C(=O)c1ccc(Oc2ccc(C(=O)O)c(C(=O)N(CCCC)CCCC)c2)cc1C(=O)O. The molecule has 224 valence electrons.